The first-order valence-corrected chi connectivity index (χ1v) is 10.1. The summed E-state index contributed by atoms with van der Waals surface area (Å²) in [6.07, 6.45) is 0.937. The number of aryl methyl sites for hydroxylation is 1. The highest BCUT2D eigenvalue weighted by atomic mass is 16.5. The monoisotopic (exact) mass is 415 g/mol. The summed E-state index contributed by atoms with van der Waals surface area (Å²) in [4.78, 5) is 9.75. The second kappa shape index (κ2) is 8.92. The lowest BCUT2D eigenvalue weighted by atomic mass is 10.1. The molecule has 0 saturated heterocycles. The lowest BCUT2D eigenvalue weighted by Gasteiger charge is -2.13. The predicted octanol–water partition coefficient (Wildman–Crippen LogP) is 5.23. The minimum atomic E-state index is 0.614. The SMILES string of the molecule is CCc1ccc2c(c1)NC(c1ccc(OC)c(OC)c1)=NC(c1ccc(OC)cc1)=N2. The molecule has 6 heteroatoms. The fourth-order valence-corrected chi connectivity index (χ4v) is 3.39. The summed E-state index contributed by atoms with van der Waals surface area (Å²) < 4.78 is 16.2. The second-order valence-electron chi connectivity index (χ2n) is 7.02. The van der Waals surface area contributed by atoms with Crippen molar-refractivity contribution in [3.8, 4) is 17.2 Å². The van der Waals surface area contributed by atoms with Crippen LogP contribution in [0.2, 0.25) is 0 Å². The fraction of sp³-hybridized carbons (Fsp3) is 0.200. The van der Waals surface area contributed by atoms with Gasteiger partial charge in [-0.15, -0.1) is 0 Å². The number of rotatable bonds is 6. The van der Waals surface area contributed by atoms with E-state index in [-0.39, 0.29) is 0 Å². The lowest BCUT2D eigenvalue weighted by Crippen LogP contribution is -2.15. The Bertz CT molecular complexity index is 1150. The molecule has 0 amide bonds. The molecule has 0 aromatic heterocycles. The summed E-state index contributed by atoms with van der Waals surface area (Å²) in [6.45, 7) is 2.13. The van der Waals surface area contributed by atoms with Crippen molar-refractivity contribution in [1.29, 1.82) is 0 Å². The van der Waals surface area contributed by atoms with Gasteiger partial charge in [-0.05, 0) is 66.6 Å². The maximum absolute atomic E-state index is 5.49. The van der Waals surface area contributed by atoms with Gasteiger partial charge in [-0.1, -0.05) is 13.0 Å². The van der Waals surface area contributed by atoms with E-state index in [4.69, 9.17) is 24.2 Å². The summed E-state index contributed by atoms with van der Waals surface area (Å²) >= 11 is 0. The average molecular weight is 415 g/mol. The largest absolute Gasteiger partial charge is 0.497 e. The van der Waals surface area contributed by atoms with Crippen LogP contribution in [-0.2, 0) is 6.42 Å². The standard InChI is InChI=1S/C25H25N3O3/c1-5-16-6-12-20-21(14-16)27-25(18-9-13-22(30-3)23(15-18)31-4)28-24(26-20)17-7-10-19(29-2)11-8-17/h6-15H,5H2,1-4H3,(H,26,27,28). The van der Waals surface area contributed by atoms with Crippen LogP contribution in [0.1, 0.15) is 23.6 Å². The zero-order valence-electron chi connectivity index (χ0n) is 18.1. The summed E-state index contributed by atoms with van der Waals surface area (Å²) in [5.74, 6) is 3.39. The molecule has 0 bridgehead atoms. The van der Waals surface area contributed by atoms with Crippen LogP contribution < -0.4 is 19.5 Å². The number of nitrogens with one attached hydrogen (secondary N) is 1. The molecule has 0 saturated carbocycles. The number of nitrogens with zero attached hydrogens (tertiary/aromatic N) is 2. The zero-order valence-corrected chi connectivity index (χ0v) is 18.1. The highest BCUT2D eigenvalue weighted by Gasteiger charge is 2.17. The van der Waals surface area contributed by atoms with E-state index in [9.17, 15) is 0 Å². The molecule has 1 heterocycles. The molecule has 0 atom stereocenters. The zero-order chi connectivity index (χ0) is 21.8. The van der Waals surface area contributed by atoms with E-state index in [1.807, 2.05) is 48.5 Å². The Labute approximate surface area is 182 Å². The van der Waals surface area contributed by atoms with Gasteiger partial charge in [0.1, 0.15) is 11.6 Å². The summed E-state index contributed by atoms with van der Waals surface area (Å²) in [6, 6.07) is 19.7. The van der Waals surface area contributed by atoms with Gasteiger partial charge in [0.2, 0.25) is 0 Å². The van der Waals surface area contributed by atoms with Gasteiger partial charge in [0.15, 0.2) is 17.3 Å². The topological polar surface area (TPSA) is 64.4 Å². The Balaban J connectivity index is 1.85. The number of amidine groups is 2. The number of hydrogen-bond donors (Lipinski definition) is 1. The minimum absolute atomic E-state index is 0.614. The summed E-state index contributed by atoms with van der Waals surface area (Å²) in [5, 5.41) is 3.48. The third-order valence-corrected chi connectivity index (χ3v) is 5.17. The van der Waals surface area contributed by atoms with Crippen LogP contribution in [0.4, 0.5) is 11.4 Å². The van der Waals surface area contributed by atoms with E-state index in [1.165, 1.54) is 5.56 Å². The molecule has 1 aliphatic rings. The molecule has 1 N–H and O–H groups in total. The van der Waals surface area contributed by atoms with Crippen molar-refractivity contribution in [3.05, 3.63) is 77.4 Å². The normalized spacial score (nSPS) is 12.6. The molecule has 0 radical (unpaired) electrons. The summed E-state index contributed by atoms with van der Waals surface area (Å²) in [7, 11) is 4.89. The molecule has 4 rings (SSSR count). The Morgan fingerprint density at radius 3 is 2.16 bits per heavy atom. The average Bonchev–Trinajstić information content (AvgIpc) is 3.02. The van der Waals surface area contributed by atoms with Crippen molar-refractivity contribution >= 4 is 23.0 Å². The van der Waals surface area contributed by atoms with Crippen molar-refractivity contribution in [2.45, 2.75) is 13.3 Å². The molecule has 3 aromatic rings. The van der Waals surface area contributed by atoms with Gasteiger partial charge in [0, 0.05) is 11.1 Å². The van der Waals surface area contributed by atoms with Crippen molar-refractivity contribution in [2.75, 3.05) is 26.6 Å². The number of hydrogen-bond acceptors (Lipinski definition) is 6. The first kappa shape index (κ1) is 20.5. The van der Waals surface area contributed by atoms with Crippen molar-refractivity contribution < 1.29 is 14.2 Å². The smallest absolute Gasteiger partial charge is 0.162 e. The highest BCUT2D eigenvalue weighted by molar-refractivity contribution is 6.19. The Kier molecular flexibility index (Phi) is 5.89. The lowest BCUT2D eigenvalue weighted by molar-refractivity contribution is 0.355. The van der Waals surface area contributed by atoms with Crippen molar-refractivity contribution in [3.63, 3.8) is 0 Å². The molecule has 3 aromatic carbocycles. The van der Waals surface area contributed by atoms with Crippen LogP contribution in [0.25, 0.3) is 0 Å². The third-order valence-electron chi connectivity index (χ3n) is 5.17. The number of ether oxygens (including phenoxy) is 3. The molecular weight excluding hydrogens is 390 g/mol. The molecule has 0 spiro atoms. The van der Waals surface area contributed by atoms with Gasteiger partial charge in [0.25, 0.3) is 0 Å². The van der Waals surface area contributed by atoms with Crippen LogP contribution >= 0.6 is 0 Å². The van der Waals surface area contributed by atoms with Gasteiger partial charge < -0.3 is 19.5 Å². The van der Waals surface area contributed by atoms with Crippen molar-refractivity contribution in [1.82, 2.24) is 0 Å². The number of aliphatic imine (C=N–C) groups is 2. The van der Waals surface area contributed by atoms with Crippen LogP contribution in [0, 0.1) is 0 Å². The van der Waals surface area contributed by atoms with E-state index in [1.54, 1.807) is 21.3 Å². The first-order chi connectivity index (χ1) is 15.1. The van der Waals surface area contributed by atoms with Gasteiger partial charge in [-0.25, -0.2) is 9.98 Å². The molecule has 0 fully saturated rings. The first-order valence-electron chi connectivity index (χ1n) is 10.1. The van der Waals surface area contributed by atoms with E-state index in [0.717, 1.165) is 34.7 Å². The highest BCUT2D eigenvalue weighted by Crippen LogP contribution is 2.33. The molecule has 0 aliphatic carbocycles. The van der Waals surface area contributed by atoms with Crippen molar-refractivity contribution in [2.24, 2.45) is 9.98 Å². The number of benzene rings is 3. The fourth-order valence-electron chi connectivity index (χ4n) is 3.39. The Hall–Kier alpha value is -3.80. The van der Waals surface area contributed by atoms with E-state index >= 15 is 0 Å². The molecule has 0 unspecified atom stereocenters. The van der Waals surface area contributed by atoms with E-state index in [0.29, 0.717) is 23.2 Å². The number of methoxy groups -OCH3 is 3. The van der Waals surface area contributed by atoms with Gasteiger partial charge >= 0.3 is 0 Å². The predicted molar refractivity (Wildman–Crippen MR) is 125 cm³/mol. The molecular formula is C25H25N3O3. The third kappa shape index (κ3) is 4.23. The van der Waals surface area contributed by atoms with Gasteiger partial charge in [-0.2, -0.15) is 0 Å². The van der Waals surface area contributed by atoms with Crippen LogP contribution in [0.5, 0.6) is 17.2 Å². The van der Waals surface area contributed by atoms with E-state index in [2.05, 4.69) is 24.4 Å². The maximum Gasteiger partial charge on any atom is 0.162 e. The van der Waals surface area contributed by atoms with Gasteiger partial charge in [-0.3, -0.25) is 0 Å². The van der Waals surface area contributed by atoms with Gasteiger partial charge in [0.05, 0.1) is 32.7 Å². The number of anilines is 1. The van der Waals surface area contributed by atoms with Crippen LogP contribution in [-0.4, -0.2) is 33.0 Å². The second-order valence-corrected chi connectivity index (χ2v) is 7.02. The minimum Gasteiger partial charge on any atom is -0.497 e. The Morgan fingerprint density at radius 2 is 1.48 bits per heavy atom. The summed E-state index contributed by atoms with van der Waals surface area (Å²) in [5.41, 5.74) is 4.74. The molecule has 1 aliphatic heterocycles. The maximum atomic E-state index is 5.49. The molecule has 6 nitrogen and oxygen atoms in total. The molecule has 158 valence electrons. The quantitative estimate of drug-likeness (QED) is 0.599. The van der Waals surface area contributed by atoms with Crippen LogP contribution in [0.3, 0.4) is 0 Å². The van der Waals surface area contributed by atoms with E-state index < -0.39 is 0 Å². The Morgan fingerprint density at radius 1 is 0.742 bits per heavy atom. The molecule has 31 heavy (non-hydrogen) atoms. The number of fused-ring (bicyclic) bond motifs is 1. The van der Waals surface area contributed by atoms with Crippen LogP contribution in [0.15, 0.2) is 70.6 Å².